The van der Waals surface area contributed by atoms with Crippen LogP contribution in [0.1, 0.15) is 24.8 Å². The number of benzene rings is 1. The molecule has 0 radical (unpaired) electrons. The molecule has 7 nitrogen and oxygen atoms in total. The molecule has 0 bridgehead atoms. The summed E-state index contributed by atoms with van der Waals surface area (Å²) in [4.78, 5) is 12.2. The fraction of sp³-hybridized carbons (Fsp3) is 0.444. The van der Waals surface area contributed by atoms with E-state index in [-0.39, 0.29) is 10.6 Å². The lowest BCUT2D eigenvalue weighted by atomic mass is 10.1. The lowest BCUT2D eigenvalue weighted by molar-refractivity contribution is -0.137. The maximum absolute atomic E-state index is 12.7. The smallest absolute Gasteiger partial charge is 0.361 e. The highest BCUT2D eigenvalue weighted by Crippen LogP contribution is 2.31. The number of nitrogens with one attached hydrogen (secondary N) is 1. The van der Waals surface area contributed by atoms with Crippen molar-refractivity contribution in [1.29, 1.82) is 0 Å². The molecule has 2 aromatic rings. The number of halogens is 3. The van der Waals surface area contributed by atoms with E-state index in [0.29, 0.717) is 11.8 Å². The number of nitrogens with zero attached hydrogens (tertiary/aromatic N) is 4. The third kappa shape index (κ3) is 4.89. The third-order valence-corrected chi connectivity index (χ3v) is 5.94. The molecule has 1 aliphatic rings. The van der Waals surface area contributed by atoms with Crippen LogP contribution in [-0.4, -0.2) is 45.6 Å². The fourth-order valence-corrected chi connectivity index (χ4v) is 4.10. The largest absolute Gasteiger partial charge is 0.416 e. The first-order valence-electron chi connectivity index (χ1n) is 9.07. The number of rotatable bonds is 5. The van der Waals surface area contributed by atoms with Crippen LogP contribution in [0, 0.1) is 0 Å². The molecule has 3 rings (SSSR count). The Hall–Kier alpha value is -2.56. The molecular formula is C18H22F3N5O2S. The van der Waals surface area contributed by atoms with Gasteiger partial charge in [-0.05, 0) is 43.5 Å². The second kappa shape index (κ2) is 8.05. The van der Waals surface area contributed by atoms with Gasteiger partial charge in [0.1, 0.15) is 5.69 Å². The summed E-state index contributed by atoms with van der Waals surface area (Å²) in [6, 6.07) is 3.31. The molecule has 0 amide bonds. The molecule has 1 aliphatic heterocycles. The van der Waals surface area contributed by atoms with Crippen LogP contribution in [0.15, 0.2) is 35.4 Å². The molecule has 1 aromatic carbocycles. The van der Waals surface area contributed by atoms with Crippen molar-refractivity contribution in [2.45, 2.75) is 30.3 Å². The summed E-state index contributed by atoms with van der Waals surface area (Å²) in [5.74, 6) is 0.891. The lowest BCUT2D eigenvalue weighted by Crippen LogP contribution is -2.31. The number of alkyl halides is 3. The molecule has 0 unspecified atom stereocenters. The van der Waals surface area contributed by atoms with Gasteiger partial charge in [0, 0.05) is 27.2 Å². The predicted molar refractivity (Wildman–Crippen MR) is 105 cm³/mol. The second-order valence-corrected chi connectivity index (χ2v) is 8.66. The normalized spacial score (nSPS) is 15.3. The Morgan fingerprint density at radius 1 is 1.07 bits per heavy atom. The highest BCUT2D eigenvalue weighted by molar-refractivity contribution is 7.92. The SMILES string of the molecule is CN(C)c1nc(N2CCCCC2)ncc1NS(=O)(=O)c1ccc(C(F)(F)F)cc1. The van der Waals surface area contributed by atoms with E-state index in [1.807, 2.05) is 4.90 Å². The van der Waals surface area contributed by atoms with Crippen LogP contribution in [0.3, 0.4) is 0 Å². The van der Waals surface area contributed by atoms with Gasteiger partial charge in [0.05, 0.1) is 16.7 Å². The van der Waals surface area contributed by atoms with E-state index in [4.69, 9.17) is 0 Å². The summed E-state index contributed by atoms with van der Waals surface area (Å²) < 4.78 is 65.8. The van der Waals surface area contributed by atoms with Crippen molar-refractivity contribution in [2.24, 2.45) is 0 Å². The molecule has 1 aromatic heterocycles. The Bertz CT molecular complexity index is 956. The van der Waals surface area contributed by atoms with Gasteiger partial charge in [-0.3, -0.25) is 4.72 Å². The molecular weight excluding hydrogens is 407 g/mol. The van der Waals surface area contributed by atoms with E-state index >= 15 is 0 Å². The number of sulfonamides is 1. The van der Waals surface area contributed by atoms with E-state index < -0.39 is 21.8 Å². The summed E-state index contributed by atoms with van der Waals surface area (Å²) >= 11 is 0. The van der Waals surface area contributed by atoms with Crippen molar-refractivity contribution in [3.63, 3.8) is 0 Å². The van der Waals surface area contributed by atoms with E-state index in [1.165, 1.54) is 6.20 Å². The van der Waals surface area contributed by atoms with Crippen molar-refractivity contribution >= 4 is 27.5 Å². The lowest BCUT2D eigenvalue weighted by Gasteiger charge is -2.28. The summed E-state index contributed by atoms with van der Waals surface area (Å²) in [6.45, 7) is 1.67. The quantitative estimate of drug-likeness (QED) is 0.785. The van der Waals surface area contributed by atoms with E-state index in [0.717, 1.165) is 56.6 Å². The molecule has 0 aliphatic carbocycles. The highest BCUT2D eigenvalue weighted by Gasteiger charge is 2.31. The molecule has 1 saturated heterocycles. The number of hydrogen-bond donors (Lipinski definition) is 1. The zero-order chi connectivity index (χ0) is 21.2. The summed E-state index contributed by atoms with van der Waals surface area (Å²) in [7, 11) is -0.666. The predicted octanol–water partition coefficient (Wildman–Crippen LogP) is 3.35. The van der Waals surface area contributed by atoms with Gasteiger partial charge in [0.2, 0.25) is 5.95 Å². The monoisotopic (exact) mass is 429 g/mol. The zero-order valence-electron chi connectivity index (χ0n) is 16.1. The van der Waals surface area contributed by atoms with Crippen LogP contribution < -0.4 is 14.5 Å². The van der Waals surface area contributed by atoms with Crippen LogP contribution in [-0.2, 0) is 16.2 Å². The van der Waals surface area contributed by atoms with Crippen LogP contribution in [0.2, 0.25) is 0 Å². The Morgan fingerprint density at radius 2 is 1.69 bits per heavy atom. The average Bonchev–Trinajstić information content (AvgIpc) is 2.68. The summed E-state index contributed by atoms with van der Waals surface area (Å²) in [6.07, 6.45) is 0.0911. The molecule has 11 heteroatoms. The Labute approximate surface area is 167 Å². The standard InChI is InChI=1S/C18H22F3N5O2S/c1-25(2)16-15(12-22-17(23-16)26-10-4-3-5-11-26)24-29(27,28)14-8-6-13(7-9-14)18(19,20)21/h6-9,12,24H,3-5,10-11H2,1-2H3. The third-order valence-electron chi connectivity index (χ3n) is 4.55. The summed E-state index contributed by atoms with van der Waals surface area (Å²) in [5, 5.41) is 0. The molecule has 1 N–H and O–H groups in total. The van der Waals surface area contributed by atoms with Crippen molar-refractivity contribution in [1.82, 2.24) is 9.97 Å². The van der Waals surface area contributed by atoms with Crippen LogP contribution in [0.5, 0.6) is 0 Å². The summed E-state index contributed by atoms with van der Waals surface area (Å²) in [5.41, 5.74) is -0.768. The molecule has 29 heavy (non-hydrogen) atoms. The first kappa shape index (κ1) is 21.2. The van der Waals surface area contributed by atoms with Crippen molar-refractivity contribution in [3.05, 3.63) is 36.0 Å². The van der Waals surface area contributed by atoms with Crippen molar-refractivity contribution in [2.75, 3.05) is 41.7 Å². The van der Waals surface area contributed by atoms with E-state index in [1.54, 1.807) is 19.0 Å². The zero-order valence-corrected chi connectivity index (χ0v) is 16.9. The van der Waals surface area contributed by atoms with Gasteiger partial charge in [0.15, 0.2) is 5.82 Å². The van der Waals surface area contributed by atoms with Crippen LogP contribution >= 0.6 is 0 Å². The minimum Gasteiger partial charge on any atom is -0.361 e. The molecule has 158 valence electrons. The molecule has 2 heterocycles. The van der Waals surface area contributed by atoms with Crippen molar-refractivity contribution in [3.8, 4) is 0 Å². The number of anilines is 3. The maximum atomic E-state index is 12.7. The molecule has 0 spiro atoms. The van der Waals surface area contributed by atoms with Gasteiger partial charge in [0.25, 0.3) is 10.0 Å². The number of aromatic nitrogens is 2. The number of piperidine rings is 1. The first-order chi connectivity index (χ1) is 13.6. The van der Waals surface area contributed by atoms with Gasteiger partial charge < -0.3 is 9.80 Å². The van der Waals surface area contributed by atoms with Crippen LogP contribution in [0.4, 0.5) is 30.6 Å². The average molecular weight is 429 g/mol. The second-order valence-electron chi connectivity index (χ2n) is 6.98. The Morgan fingerprint density at radius 3 is 2.24 bits per heavy atom. The fourth-order valence-electron chi connectivity index (χ4n) is 3.05. The number of hydrogen-bond acceptors (Lipinski definition) is 6. The van der Waals surface area contributed by atoms with Gasteiger partial charge >= 0.3 is 6.18 Å². The van der Waals surface area contributed by atoms with E-state index in [9.17, 15) is 21.6 Å². The first-order valence-corrected chi connectivity index (χ1v) is 10.6. The van der Waals surface area contributed by atoms with Gasteiger partial charge in [-0.25, -0.2) is 13.4 Å². The van der Waals surface area contributed by atoms with Crippen LogP contribution in [0.25, 0.3) is 0 Å². The molecule has 0 saturated carbocycles. The topological polar surface area (TPSA) is 78.4 Å². The maximum Gasteiger partial charge on any atom is 0.416 e. The van der Waals surface area contributed by atoms with Crippen molar-refractivity contribution < 1.29 is 21.6 Å². The highest BCUT2D eigenvalue weighted by atomic mass is 32.2. The Balaban J connectivity index is 1.87. The Kier molecular flexibility index (Phi) is 5.87. The minimum absolute atomic E-state index is 0.149. The molecule has 1 fully saturated rings. The van der Waals surface area contributed by atoms with Gasteiger partial charge in [-0.2, -0.15) is 18.2 Å². The minimum atomic E-state index is -4.54. The van der Waals surface area contributed by atoms with Gasteiger partial charge in [-0.1, -0.05) is 0 Å². The molecule has 0 atom stereocenters. The van der Waals surface area contributed by atoms with Gasteiger partial charge in [-0.15, -0.1) is 0 Å². The van der Waals surface area contributed by atoms with E-state index in [2.05, 4.69) is 14.7 Å².